The van der Waals surface area contributed by atoms with E-state index in [1.807, 2.05) is 30.9 Å². The average molecular weight is 446 g/mol. The lowest BCUT2D eigenvalue weighted by molar-refractivity contribution is -0.123. The maximum absolute atomic E-state index is 14.5. The fourth-order valence-corrected chi connectivity index (χ4v) is 4.14. The predicted octanol–water partition coefficient (Wildman–Crippen LogP) is 2.81. The van der Waals surface area contributed by atoms with Gasteiger partial charge < -0.3 is 20.3 Å². The number of piperazine rings is 1. The number of nitrogens with zero attached hydrogens (tertiary/aromatic N) is 3. The first kappa shape index (κ1) is 22.0. The molecular weight excluding hydrogens is 413 g/mol. The largest absolute Gasteiger partial charge is 0.478 e. The maximum Gasteiger partial charge on any atom is 0.269 e. The van der Waals surface area contributed by atoms with Crippen LogP contribution in [0.4, 0.5) is 15.8 Å². The summed E-state index contributed by atoms with van der Waals surface area (Å²) in [6.07, 6.45) is 0.183. The maximum atomic E-state index is 14.5. The van der Waals surface area contributed by atoms with Gasteiger partial charge in [-0.15, -0.1) is 0 Å². The standard InChI is InChI=1S/C23H28FN5O3.2H2/c1-4-18-23(31)27-20-14(2)15(5-8-19(20)32-18)13-28-9-11-29(12-10-28)17-7-6-16(22(30)25-3)26-21(17)24;;/h5-8,18H,4,9-13H2,1-3H3,(H,25,30)(H,27,31);2*1H/t18-;;/m1../s1. The van der Waals surface area contributed by atoms with E-state index in [1.165, 1.54) is 7.05 Å². The topological polar surface area (TPSA) is 86.8 Å². The summed E-state index contributed by atoms with van der Waals surface area (Å²) in [5.74, 6) is -0.434. The number of fused-ring (bicyclic) bond motifs is 1. The molecule has 174 valence electrons. The zero-order valence-corrected chi connectivity index (χ0v) is 18.6. The Morgan fingerprint density at radius 3 is 2.69 bits per heavy atom. The molecule has 0 saturated carbocycles. The van der Waals surface area contributed by atoms with Gasteiger partial charge in [-0.1, -0.05) is 13.0 Å². The van der Waals surface area contributed by atoms with Gasteiger partial charge in [-0.25, -0.2) is 4.98 Å². The van der Waals surface area contributed by atoms with Crippen LogP contribution in [0.2, 0.25) is 0 Å². The van der Waals surface area contributed by atoms with Crippen LogP contribution in [0.1, 0.15) is 37.8 Å². The number of amides is 2. The van der Waals surface area contributed by atoms with E-state index < -0.39 is 18.0 Å². The number of rotatable bonds is 5. The second-order valence-electron chi connectivity index (χ2n) is 8.08. The van der Waals surface area contributed by atoms with Crippen molar-refractivity contribution in [2.75, 3.05) is 43.4 Å². The quantitative estimate of drug-likeness (QED) is 0.689. The molecule has 3 heterocycles. The zero-order chi connectivity index (χ0) is 22.8. The van der Waals surface area contributed by atoms with Crippen LogP contribution >= 0.6 is 0 Å². The summed E-state index contributed by atoms with van der Waals surface area (Å²) in [4.78, 5) is 31.9. The number of ether oxygens (including phenoxy) is 1. The molecule has 1 saturated heterocycles. The number of anilines is 2. The number of nitrogens with one attached hydrogen (secondary N) is 2. The normalized spacial score (nSPS) is 18.6. The van der Waals surface area contributed by atoms with Gasteiger partial charge in [-0.3, -0.25) is 14.5 Å². The Morgan fingerprint density at radius 2 is 2.03 bits per heavy atom. The second kappa shape index (κ2) is 9.12. The van der Waals surface area contributed by atoms with Crippen molar-refractivity contribution >= 4 is 23.2 Å². The van der Waals surface area contributed by atoms with E-state index >= 15 is 0 Å². The number of benzene rings is 1. The minimum Gasteiger partial charge on any atom is -0.478 e. The van der Waals surface area contributed by atoms with E-state index in [1.54, 1.807) is 12.1 Å². The van der Waals surface area contributed by atoms with Crippen LogP contribution in [0.15, 0.2) is 24.3 Å². The lowest BCUT2D eigenvalue weighted by Gasteiger charge is -2.36. The molecule has 2 aliphatic rings. The number of aromatic nitrogens is 1. The van der Waals surface area contributed by atoms with Crippen LogP contribution in [-0.4, -0.2) is 61.0 Å². The second-order valence-corrected chi connectivity index (χ2v) is 8.08. The molecular formula is C23H32FN5O3. The molecule has 1 fully saturated rings. The summed E-state index contributed by atoms with van der Waals surface area (Å²) in [6.45, 7) is 7.47. The highest BCUT2D eigenvalue weighted by molar-refractivity contribution is 5.98. The fraction of sp³-hybridized carbons (Fsp3) is 0.435. The molecule has 0 bridgehead atoms. The molecule has 0 spiro atoms. The number of hydrogen-bond acceptors (Lipinski definition) is 6. The van der Waals surface area contributed by atoms with E-state index in [4.69, 9.17) is 4.74 Å². The van der Waals surface area contributed by atoms with Gasteiger partial charge in [-0.05, 0) is 42.7 Å². The summed E-state index contributed by atoms with van der Waals surface area (Å²) in [5, 5.41) is 5.44. The minimum atomic E-state index is -0.633. The van der Waals surface area contributed by atoms with Gasteiger partial charge in [0, 0.05) is 42.6 Å². The van der Waals surface area contributed by atoms with Crippen LogP contribution in [0.3, 0.4) is 0 Å². The number of carbonyl (C=O) groups excluding carboxylic acids is 2. The van der Waals surface area contributed by atoms with Crippen molar-refractivity contribution in [2.45, 2.75) is 32.9 Å². The Balaban J connectivity index is 0.00000204. The van der Waals surface area contributed by atoms with Crippen LogP contribution in [0.25, 0.3) is 0 Å². The van der Waals surface area contributed by atoms with Gasteiger partial charge in [0.2, 0.25) is 5.95 Å². The molecule has 1 aromatic heterocycles. The smallest absolute Gasteiger partial charge is 0.269 e. The van der Waals surface area contributed by atoms with Crippen molar-refractivity contribution in [1.29, 1.82) is 0 Å². The predicted molar refractivity (Wildman–Crippen MR) is 124 cm³/mol. The Bertz CT molecular complexity index is 1050. The third kappa shape index (κ3) is 4.25. The Hall–Kier alpha value is -3.20. The van der Waals surface area contributed by atoms with Crippen LogP contribution in [0, 0.1) is 12.9 Å². The molecule has 8 nitrogen and oxygen atoms in total. The molecule has 2 N–H and O–H groups in total. The third-order valence-corrected chi connectivity index (χ3v) is 6.12. The third-order valence-electron chi connectivity index (χ3n) is 6.12. The molecule has 2 aliphatic heterocycles. The van der Waals surface area contributed by atoms with Gasteiger partial charge in [0.1, 0.15) is 11.4 Å². The summed E-state index contributed by atoms with van der Waals surface area (Å²) in [5.41, 5.74) is 3.36. The molecule has 9 heteroatoms. The van der Waals surface area contributed by atoms with Crippen molar-refractivity contribution in [3.8, 4) is 5.75 Å². The van der Waals surface area contributed by atoms with E-state index in [0.29, 0.717) is 30.9 Å². The first-order valence-electron chi connectivity index (χ1n) is 10.9. The first-order chi connectivity index (χ1) is 15.4. The highest BCUT2D eigenvalue weighted by atomic mass is 19.1. The van der Waals surface area contributed by atoms with E-state index in [2.05, 4.69) is 20.5 Å². The van der Waals surface area contributed by atoms with Crippen molar-refractivity contribution in [3.05, 3.63) is 47.0 Å². The van der Waals surface area contributed by atoms with Crippen molar-refractivity contribution in [1.82, 2.24) is 15.2 Å². The molecule has 0 radical (unpaired) electrons. The van der Waals surface area contributed by atoms with E-state index in [9.17, 15) is 14.0 Å². The van der Waals surface area contributed by atoms with Crippen LogP contribution in [-0.2, 0) is 11.3 Å². The molecule has 2 aromatic rings. The minimum absolute atomic E-state index is 0. The van der Waals surface area contributed by atoms with Crippen LogP contribution < -0.4 is 20.3 Å². The van der Waals surface area contributed by atoms with Crippen LogP contribution in [0.5, 0.6) is 5.75 Å². The average Bonchev–Trinajstić information content (AvgIpc) is 2.81. The molecule has 4 rings (SSSR count). The number of hydrogen-bond donors (Lipinski definition) is 2. The number of pyridine rings is 1. The first-order valence-corrected chi connectivity index (χ1v) is 10.9. The lowest BCUT2D eigenvalue weighted by atomic mass is 10.0. The fourth-order valence-electron chi connectivity index (χ4n) is 4.14. The van der Waals surface area contributed by atoms with Crippen molar-refractivity contribution in [2.24, 2.45) is 0 Å². The van der Waals surface area contributed by atoms with E-state index in [-0.39, 0.29) is 14.5 Å². The Kier molecular flexibility index (Phi) is 6.27. The summed E-state index contributed by atoms with van der Waals surface area (Å²) >= 11 is 0. The van der Waals surface area contributed by atoms with Gasteiger partial charge in [0.25, 0.3) is 11.8 Å². The summed E-state index contributed by atoms with van der Waals surface area (Å²) in [7, 11) is 1.49. The SMILES string of the molecule is CC[C@H]1Oc2ccc(CN3CCN(c4ccc(C(=O)NC)nc4F)CC3)c(C)c2NC1=O.[HH].[HH]. The zero-order valence-electron chi connectivity index (χ0n) is 18.6. The highest BCUT2D eigenvalue weighted by Crippen LogP contribution is 2.35. The molecule has 1 aromatic carbocycles. The Labute approximate surface area is 189 Å². The molecule has 1 atom stereocenters. The van der Waals surface area contributed by atoms with Gasteiger partial charge >= 0.3 is 0 Å². The lowest BCUT2D eigenvalue weighted by Crippen LogP contribution is -2.46. The summed E-state index contributed by atoms with van der Waals surface area (Å²) in [6, 6.07) is 7.12. The Morgan fingerprint density at radius 1 is 1.28 bits per heavy atom. The number of carbonyl (C=O) groups is 2. The molecule has 0 unspecified atom stereocenters. The highest BCUT2D eigenvalue weighted by Gasteiger charge is 2.28. The van der Waals surface area contributed by atoms with Gasteiger partial charge in [-0.2, -0.15) is 4.39 Å². The number of halogens is 1. The van der Waals surface area contributed by atoms with Gasteiger partial charge in [0.15, 0.2) is 6.10 Å². The molecule has 0 aliphatic carbocycles. The molecule has 2 amide bonds. The summed E-state index contributed by atoms with van der Waals surface area (Å²) < 4.78 is 20.3. The van der Waals surface area contributed by atoms with Gasteiger partial charge in [0.05, 0.1) is 11.4 Å². The van der Waals surface area contributed by atoms with Crippen molar-refractivity contribution in [3.63, 3.8) is 0 Å². The molecule has 32 heavy (non-hydrogen) atoms. The monoisotopic (exact) mass is 445 g/mol. The van der Waals surface area contributed by atoms with E-state index in [0.717, 1.165) is 36.4 Å². The van der Waals surface area contributed by atoms with Crippen molar-refractivity contribution < 1.29 is 21.6 Å².